The Labute approximate surface area is 254 Å². The molecule has 1 atom stereocenters. The van der Waals surface area contributed by atoms with Crippen LogP contribution in [0.1, 0.15) is 33.1 Å². The Hall–Kier alpha value is -3.87. The summed E-state index contributed by atoms with van der Waals surface area (Å²) in [6.45, 7) is 6.92. The average molecular weight is 604 g/mol. The van der Waals surface area contributed by atoms with E-state index < -0.39 is 5.60 Å². The van der Waals surface area contributed by atoms with Gasteiger partial charge in [-0.1, -0.05) is 0 Å². The summed E-state index contributed by atoms with van der Waals surface area (Å²) in [5, 5.41) is 14.5. The van der Waals surface area contributed by atoms with E-state index in [0.717, 1.165) is 53.2 Å². The van der Waals surface area contributed by atoms with Gasteiger partial charge in [-0.25, -0.2) is 9.97 Å². The van der Waals surface area contributed by atoms with Crippen molar-refractivity contribution in [2.75, 3.05) is 50.1 Å². The van der Waals surface area contributed by atoms with Crippen molar-refractivity contribution in [2.24, 2.45) is 5.92 Å². The number of thiazole rings is 1. The van der Waals surface area contributed by atoms with Crippen molar-refractivity contribution in [1.82, 2.24) is 25.1 Å². The lowest BCUT2D eigenvalue weighted by atomic mass is 9.92. The first-order valence-corrected chi connectivity index (χ1v) is 15.6. The van der Waals surface area contributed by atoms with Crippen molar-refractivity contribution in [3.05, 3.63) is 48.1 Å². The molecule has 6 rings (SSSR count). The monoisotopic (exact) mass is 603 g/mol. The number of anilines is 2. The molecule has 11 nitrogen and oxygen atoms in total. The zero-order chi connectivity index (χ0) is 30.0. The fraction of sp³-hybridized carbons (Fsp3) is 0.452. The number of hydrogen-bond donors (Lipinski definition) is 2. The molecule has 1 unspecified atom stereocenters. The van der Waals surface area contributed by atoms with Crippen LogP contribution in [0.15, 0.2) is 48.1 Å². The summed E-state index contributed by atoms with van der Waals surface area (Å²) in [5.41, 5.74) is 2.04. The number of pyridine rings is 1. The summed E-state index contributed by atoms with van der Waals surface area (Å²) < 4.78 is 11.5. The van der Waals surface area contributed by atoms with Gasteiger partial charge < -0.3 is 19.7 Å². The lowest BCUT2D eigenvalue weighted by Crippen LogP contribution is -2.48. The molecule has 4 aromatic rings. The molecule has 43 heavy (non-hydrogen) atoms. The molecule has 3 aromatic heterocycles. The van der Waals surface area contributed by atoms with Crippen LogP contribution < -0.4 is 15.0 Å². The lowest BCUT2D eigenvalue weighted by Gasteiger charge is -2.32. The van der Waals surface area contributed by atoms with E-state index in [-0.39, 0.29) is 23.7 Å². The summed E-state index contributed by atoms with van der Waals surface area (Å²) in [6.07, 6.45) is 5.76. The number of likely N-dealkylation sites (tertiary alicyclic amines) is 1. The Bertz CT molecular complexity index is 1560. The average Bonchev–Trinajstić information content (AvgIpc) is 3.78. The molecule has 12 heteroatoms. The minimum Gasteiger partial charge on any atom is -0.475 e. The number of amides is 1. The molecule has 1 amide bonds. The van der Waals surface area contributed by atoms with Crippen molar-refractivity contribution in [2.45, 2.75) is 44.8 Å². The number of Topliss-reactive ketones (excluding diaryl/α,β-unsaturated/α-hetero) is 1. The highest BCUT2D eigenvalue weighted by Crippen LogP contribution is 2.32. The number of aromatic amines is 1. The molecule has 226 valence electrons. The molecule has 0 bridgehead atoms. The van der Waals surface area contributed by atoms with E-state index >= 15 is 0 Å². The van der Waals surface area contributed by atoms with Gasteiger partial charge in [-0.15, -0.1) is 11.3 Å². The molecule has 5 heterocycles. The number of nitrogens with one attached hydrogen (secondary N) is 2. The van der Waals surface area contributed by atoms with Crippen molar-refractivity contribution < 1.29 is 19.1 Å². The summed E-state index contributed by atoms with van der Waals surface area (Å²) in [4.78, 5) is 39.9. The molecule has 0 saturated carbocycles. The van der Waals surface area contributed by atoms with Gasteiger partial charge >= 0.3 is 0 Å². The second kappa shape index (κ2) is 12.4. The topological polar surface area (TPSA) is 126 Å². The van der Waals surface area contributed by atoms with Crippen LogP contribution in [-0.2, 0) is 14.3 Å². The number of piperidine rings is 1. The van der Waals surface area contributed by atoms with Crippen molar-refractivity contribution in [1.29, 1.82) is 0 Å². The molecule has 0 radical (unpaired) electrons. The maximum atomic E-state index is 13.6. The standard InChI is InChI=1S/C31H37N7O4S/c1-20(2)42-27-7-4-22(17-33-27)28-24-16-23(5-6-25(24)35-36-28)34-29(40)31(41-3)10-14-37(19-31)18-26(39)21-8-12-38(13-9-21)30-32-11-15-43-30/h4-7,11,15-17,20-21H,8-10,12-14,18-19H2,1-3H3,(H,34,40)(H,35,36). The normalized spacial score (nSPS) is 19.8. The molecular weight excluding hydrogens is 566 g/mol. The van der Waals surface area contributed by atoms with Crippen LogP contribution in [0.5, 0.6) is 5.88 Å². The number of methoxy groups -OCH3 is 1. The van der Waals surface area contributed by atoms with Crippen molar-refractivity contribution in [3.8, 4) is 17.1 Å². The quantitative estimate of drug-likeness (QED) is 0.272. The second-order valence-electron chi connectivity index (χ2n) is 11.5. The molecule has 2 fully saturated rings. The Morgan fingerprint density at radius 3 is 2.70 bits per heavy atom. The number of rotatable bonds is 10. The highest BCUT2D eigenvalue weighted by Gasteiger charge is 2.45. The molecule has 2 N–H and O–H groups in total. The van der Waals surface area contributed by atoms with E-state index in [2.05, 4.69) is 35.3 Å². The lowest BCUT2D eigenvalue weighted by molar-refractivity contribution is -0.137. The molecule has 0 spiro atoms. The van der Waals surface area contributed by atoms with Gasteiger partial charge in [0.1, 0.15) is 11.5 Å². The van der Waals surface area contributed by atoms with Crippen molar-refractivity contribution in [3.63, 3.8) is 0 Å². The molecule has 0 aliphatic carbocycles. The highest BCUT2D eigenvalue weighted by molar-refractivity contribution is 7.13. The van der Waals surface area contributed by atoms with E-state index in [4.69, 9.17) is 9.47 Å². The summed E-state index contributed by atoms with van der Waals surface area (Å²) >= 11 is 1.63. The first kappa shape index (κ1) is 29.2. The Kier molecular flexibility index (Phi) is 8.42. The van der Waals surface area contributed by atoms with Gasteiger partial charge in [0.05, 0.1) is 18.2 Å². The predicted molar refractivity (Wildman–Crippen MR) is 167 cm³/mol. The van der Waals surface area contributed by atoms with Crippen LogP contribution in [0.25, 0.3) is 22.2 Å². The second-order valence-corrected chi connectivity index (χ2v) is 12.4. The minimum absolute atomic E-state index is 0.0348. The number of ether oxygens (including phenoxy) is 2. The number of hydrogen-bond acceptors (Lipinski definition) is 10. The minimum atomic E-state index is -1.03. The van der Waals surface area contributed by atoms with Crippen LogP contribution in [0.4, 0.5) is 10.8 Å². The van der Waals surface area contributed by atoms with Gasteiger partial charge in [-0.05, 0) is 57.4 Å². The SMILES string of the molecule is COC1(C(=O)Nc2ccc3[nH]nc(-c4ccc(OC(C)C)nc4)c3c2)CCN(CC(=O)C2CCN(c3nccs3)CC2)C1. The van der Waals surface area contributed by atoms with Crippen LogP contribution in [0, 0.1) is 5.92 Å². The van der Waals surface area contributed by atoms with Crippen LogP contribution >= 0.6 is 11.3 Å². The van der Waals surface area contributed by atoms with Gasteiger partial charge in [0.2, 0.25) is 5.88 Å². The zero-order valence-electron chi connectivity index (χ0n) is 24.7. The Morgan fingerprint density at radius 2 is 2.00 bits per heavy atom. The number of ketones is 1. The van der Waals surface area contributed by atoms with Crippen LogP contribution in [-0.4, -0.2) is 88.3 Å². The number of carbonyl (C=O) groups excluding carboxylic acids is 2. The smallest absolute Gasteiger partial charge is 0.258 e. The summed E-state index contributed by atoms with van der Waals surface area (Å²) in [7, 11) is 1.57. The molecule has 2 saturated heterocycles. The first-order chi connectivity index (χ1) is 20.8. The molecule has 1 aromatic carbocycles. The van der Waals surface area contributed by atoms with Gasteiger partial charge in [0, 0.05) is 79.7 Å². The Balaban J connectivity index is 1.08. The Morgan fingerprint density at radius 1 is 1.16 bits per heavy atom. The number of aromatic nitrogens is 4. The number of carbonyl (C=O) groups is 2. The van der Waals surface area contributed by atoms with E-state index in [0.29, 0.717) is 37.6 Å². The molecule has 2 aliphatic heterocycles. The summed E-state index contributed by atoms with van der Waals surface area (Å²) in [6, 6.07) is 9.39. The van der Waals surface area contributed by atoms with Gasteiger partial charge in [-0.3, -0.25) is 19.6 Å². The zero-order valence-corrected chi connectivity index (χ0v) is 25.5. The van der Waals surface area contributed by atoms with E-state index in [1.807, 2.05) is 55.8 Å². The first-order valence-electron chi connectivity index (χ1n) is 14.7. The summed E-state index contributed by atoms with van der Waals surface area (Å²) in [5.74, 6) is 0.610. The maximum absolute atomic E-state index is 13.6. The van der Waals surface area contributed by atoms with E-state index in [1.54, 1.807) is 24.6 Å². The third-order valence-electron chi connectivity index (χ3n) is 8.32. The van der Waals surface area contributed by atoms with E-state index in [9.17, 15) is 9.59 Å². The van der Waals surface area contributed by atoms with Gasteiger partial charge in [0.25, 0.3) is 5.91 Å². The third kappa shape index (κ3) is 6.27. The van der Waals surface area contributed by atoms with Gasteiger partial charge in [0.15, 0.2) is 10.7 Å². The third-order valence-corrected chi connectivity index (χ3v) is 9.15. The number of fused-ring (bicyclic) bond motifs is 1. The fourth-order valence-electron chi connectivity index (χ4n) is 5.94. The molecular formula is C31H37N7O4S. The van der Waals surface area contributed by atoms with E-state index in [1.165, 1.54) is 0 Å². The van der Waals surface area contributed by atoms with Crippen LogP contribution in [0.3, 0.4) is 0 Å². The number of nitrogens with zero attached hydrogens (tertiary/aromatic N) is 5. The largest absolute Gasteiger partial charge is 0.475 e. The maximum Gasteiger partial charge on any atom is 0.258 e. The fourth-order valence-corrected chi connectivity index (χ4v) is 6.64. The van der Waals surface area contributed by atoms with Crippen LogP contribution in [0.2, 0.25) is 0 Å². The van der Waals surface area contributed by atoms with Gasteiger partial charge in [-0.2, -0.15) is 5.10 Å². The number of H-pyrrole nitrogens is 1. The highest BCUT2D eigenvalue weighted by atomic mass is 32.1. The molecule has 2 aliphatic rings. The van der Waals surface area contributed by atoms with Crippen molar-refractivity contribution >= 4 is 44.7 Å². The predicted octanol–water partition coefficient (Wildman–Crippen LogP) is 4.38. The number of benzene rings is 1.